The number of piperidine rings is 1. The number of nitrogens with zero attached hydrogens (tertiary/aromatic N) is 5. The van der Waals surface area contributed by atoms with Gasteiger partial charge in [0, 0.05) is 12.2 Å². The van der Waals surface area contributed by atoms with Gasteiger partial charge in [0.05, 0.1) is 28.8 Å². The highest BCUT2D eigenvalue weighted by Gasteiger charge is 2.22. The average molecular weight is 426 g/mol. The highest BCUT2D eigenvalue weighted by atomic mass is 19.3. The Morgan fingerprint density at radius 3 is 2.55 bits per heavy atom. The van der Waals surface area contributed by atoms with E-state index in [1.807, 2.05) is 28.8 Å². The molecule has 1 aromatic carbocycles. The third-order valence-electron chi connectivity index (χ3n) is 5.56. The standard InChI is InChI=1S/C21H20F2N6O2/c22-18(23)20-27-26-19(31-20)13-5-6-14(25-11-13)12-28-16-3-1-2-4-17(16)29(21(28)30)15-7-9-24-10-8-15/h1-6,11,15,18,24H,7-10,12H2. The average Bonchev–Trinajstić information content (AvgIpc) is 3.39. The van der Waals surface area contributed by atoms with Crippen molar-refractivity contribution in [3.8, 4) is 11.5 Å². The predicted octanol–water partition coefficient (Wildman–Crippen LogP) is 3.16. The summed E-state index contributed by atoms with van der Waals surface area (Å²) in [4.78, 5) is 17.7. The van der Waals surface area contributed by atoms with Crippen molar-refractivity contribution in [2.24, 2.45) is 0 Å². The molecule has 4 heterocycles. The van der Waals surface area contributed by atoms with Gasteiger partial charge in [-0.15, -0.1) is 10.2 Å². The Balaban J connectivity index is 1.46. The molecule has 1 aliphatic heterocycles. The molecule has 5 rings (SSSR count). The third-order valence-corrected chi connectivity index (χ3v) is 5.56. The van der Waals surface area contributed by atoms with Crippen molar-refractivity contribution in [3.05, 3.63) is 64.7 Å². The Kier molecular flexibility index (Phi) is 5.06. The Bertz CT molecular complexity index is 1260. The first-order chi connectivity index (χ1) is 15.1. The number of hydrogen-bond acceptors (Lipinski definition) is 6. The molecule has 1 fully saturated rings. The molecule has 0 unspecified atom stereocenters. The Morgan fingerprint density at radius 1 is 1.10 bits per heavy atom. The van der Waals surface area contributed by atoms with E-state index in [4.69, 9.17) is 4.42 Å². The van der Waals surface area contributed by atoms with Crippen LogP contribution < -0.4 is 11.0 Å². The second-order valence-electron chi connectivity index (χ2n) is 7.49. The lowest BCUT2D eigenvalue weighted by molar-refractivity contribution is 0.116. The molecule has 31 heavy (non-hydrogen) atoms. The molecule has 10 heteroatoms. The molecule has 1 aliphatic rings. The largest absolute Gasteiger partial charge is 0.415 e. The lowest BCUT2D eigenvalue weighted by atomic mass is 10.1. The maximum atomic E-state index is 13.3. The topological polar surface area (TPSA) is 90.8 Å². The van der Waals surface area contributed by atoms with Crippen LogP contribution in [-0.4, -0.2) is 37.4 Å². The van der Waals surface area contributed by atoms with Crippen LogP contribution in [0.5, 0.6) is 0 Å². The van der Waals surface area contributed by atoms with Gasteiger partial charge in [-0.3, -0.25) is 14.1 Å². The summed E-state index contributed by atoms with van der Waals surface area (Å²) in [6.45, 7) is 2.08. The minimum atomic E-state index is -2.82. The fraction of sp³-hybridized carbons (Fsp3) is 0.333. The summed E-state index contributed by atoms with van der Waals surface area (Å²) in [5, 5.41) is 10.3. The number of halogens is 2. The van der Waals surface area contributed by atoms with Crippen LogP contribution in [0, 0.1) is 0 Å². The van der Waals surface area contributed by atoms with Crippen LogP contribution in [0.2, 0.25) is 0 Å². The van der Waals surface area contributed by atoms with Crippen LogP contribution in [0.25, 0.3) is 22.5 Å². The molecule has 8 nitrogen and oxygen atoms in total. The fourth-order valence-electron chi connectivity index (χ4n) is 4.05. The second-order valence-corrected chi connectivity index (χ2v) is 7.49. The van der Waals surface area contributed by atoms with Gasteiger partial charge < -0.3 is 9.73 Å². The number of fused-ring (bicyclic) bond motifs is 1. The molecule has 0 bridgehead atoms. The number of nitrogens with one attached hydrogen (secondary N) is 1. The summed E-state index contributed by atoms with van der Waals surface area (Å²) >= 11 is 0. The molecule has 0 amide bonds. The van der Waals surface area contributed by atoms with Crippen LogP contribution in [0.15, 0.2) is 51.8 Å². The molecular formula is C21H20F2N6O2. The molecule has 1 N–H and O–H groups in total. The monoisotopic (exact) mass is 426 g/mol. The summed E-state index contributed by atoms with van der Waals surface area (Å²) in [6.07, 6.45) is 0.476. The SMILES string of the molecule is O=c1n(Cc2ccc(-c3nnc(C(F)F)o3)cn2)c2ccccc2n1C1CCNCC1. The molecular weight excluding hydrogens is 406 g/mol. The molecule has 4 aromatic rings. The van der Waals surface area contributed by atoms with Crippen molar-refractivity contribution in [2.45, 2.75) is 31.9 Å². The van der Waals surface area contributed by atoms with Gasteiger partial charge in [-0.25, -0.2) is 4.79 Å². The van der Waals surface area contributed by atoms with E-state index in [0.717, 1.165) is 37.0 Å². The van der Waals surface area contributed by atoms with E-state index in [-0.39, 0.29) is 17.6 Å². The summed E-state index contributed by atoms with van der Waals surface area (Å²) in [5.41, 5.74) is 2.81. The lowest BCUT2D eigenvalue weighted by Gasteiger charge is -2.23. The number of imidazole rings is 1. The van der Waals surface area contributed by atoms with E-state index in [0.29, 0.717) is 17.8 Å². The molecule has 160 valence electrons. The van der Waals surface area contributed by atoms with Gasteiger partial charge in [-0.1, -0.05) is 12.1 Å². The normalized spacial score (nSPS) is 15.2. The lowest BCUT2D eigenvalue weighted by Crippen LogP contribution is -2.35. The van der Waals surface area contributed by atoms with Crippen molar-refractivity contribution >= 4 is 11.0 Å². The van der Waals surface area contributed by atoms with Crippen LogP contribution >= 0.6 is 0 Å². The molecule has 0 spiro atoms. The minimum Gasteiger partial charge on any atom is -0.415 e. The number of pyridine rings is 1. The quantitative estimate of drug-likeness (QED) is 0.527. The van der Waals surface area contributed by atoms with E-state index in [9.17, 15) is 13.6 Å². The fourth-order valence-corrected chi connectivity index (χ4v) is 4.05. The van der Waals surface area contributed by atoms with Crippen molar-refractivity contribution in [1.82, 2.24) is 29.6 Å². The third kappa shape index (κ3) is 3.63. The zero-order valence-corrected chi connectivity index (χ0v) is 16.5. The second kappa shape index (κ2) is 8.03. The first-order valence-electron chi connectivity index (χ1n) is 10.1. The van der Waals surface area contributed by atoms with Gasteiger partial charge in [-0.2, -0.15) is 8.78 Å². The minimum absolute atomic E-state index is 0.0194. The van der Waals surface area contributed by atoms with Crippen LogP contribution in [-0.2, 0) is 6.54 Å². The van der Waals surface area contributed by atoms with Crippen molar-refractivity contribution < 1.29 is 13.2 Å². The van der Waals surface area contributed by atoms with E-state index in [1.165, 1.54) is 6.20 Å². The van der Waals surface area contributed by atoms with Gasteiger partial charge in [0.2, 0.25) is 5.89 Å². The predicted molar refractivity (Wildman–Crippen MR) is 109 cm³/mol. The molecule has 0 aliphatic carbocycles. The summed E-state index contributed by atoms with van der Waals surface area (Å²) < 4.78 is 33.9. The Morgan fingerprint density at radius 2 is 1.87 bits per heavy atom. The van der Waals surface area contributed by atoms with Crippen LogP contribution in [0.3, 0.4) is 0 Å². The van der Waals surface area contributed by atoms with E-state index in [1.54, 1.807) is 16.7 Å². The summed E-state index contributed by atoms with van der Waals surface area (Å²) in [7, 11) is 0. The molecule has 1 saturated heterocycles. The Labute approximate surface area is 175 Å². The van der Waals surface area contributed by atoms with E-state index in [2.05, 4.69) is 20.5 Å². The molecule has 0 saturated carbocycles. The first kappa shape index (κ1) is 19.6. The summed E-state index contributed by atoms with van der Waals surface area (Å²) in [6, 6.07) is 11.3. The number of hydrogen-bond donors (Lipinski definition) is 1. The molecule has 0 radical (unpaired) electrons. The highest BCUT2D eigenvalue weighted by molar-refractivity contribution is 5.76. The number of rotatable bonds is 5. The van der Waals surface area contributed by atoms with Gasteiger partial charge in [0.1, 0.15) is 0 Å². The highest BCUT2D eigenvalue weighted by Crippen LogP contribution is 2.25. The van der Waals surface area contributed by atoms with Crippen LogP contribution in [0.1, 0.15) is 36.9 Å². The molecule has 0 atom stereocenters. The number of aromatic nitrogens is 5. The molecule has 3 aromatic heterocycles. The zero-order chi connectivity index (χ0) is 21.4. The Hall–Kier alpha value is -3.40. The number of para-hydroxylation sites is 2. The smallest absolute Gasteiger partial charge is 0.329 e. The maximum Gasteiger partial charge on any atom is 0.329 e. The summed E-state index contributed by atoms with van der Waals surface area (Å²) in [5.74, 6) is -0.745. The van der Waals surface area contributed by atoms with E-state index < -0.39 is 12.3 Å². The van der Waals surface area contributed by atoms with Crippen molar-refractivity contribution in [1.29, 1.82) is 0 Å². The number of benzene rings is 1. The van der Waals surface area contributed by atoms with Crippen molar-refractivity contribution in [3.63, 3.8) is 0 Å². The van der Waals surface area contributed by atoms with Crippen LogP contribution in [0.4, 0.5) is 8.78 Å². The zero-order valence-electron chi connectivity index (χ0n) is 16.5. The maximum absolute atomic E-state index is 13.3. The van der Waals surface area contributed by atoms with Gasteiger partial charge in [0.25, 0.3) is 5.89 Å². The van der Waals surface area contributed by atoms with E-state index >= 15 is 0 Å². The van der Waals surface area contributed by atoms with Gasteiger partial charge in [0.15, 0.2) is 0 Å². The van der Waals surface area contributed by atoms with Gasteiger partial charge in [-0.05, 0) is 50.2 Å². The first-order valence-corrected chi connectivity index (χ1v) is 10.1. The van der Waals surface area contributed by atoms with Crippen molar-refractivity contribution in [2.75, 3.05) is 13.1 Å². The van der Waals surface area contributed by atoms with Gasteiger partial charge >= 0.3 is 12.1 Å². The number of alkyl halides is 2.